The van der Waals surface area contributed by atoms with Crippen molar-refractivity contribution in [3.63, 3.8) is 0 Å². The first-order valence-electron chi connectivity index (χ1n) is 11.6. The van der Waals surface area contributed by atoms with Gasteiger partial charge in [0.15, 0.2) is 5.17 Å². The van der Waals surface area contributed by atoms with Crippen molar-refractivity contribution in [3.8, 4) is 11.5 Å². The van der Waals surface area contributed by atoms with Gasteiger partial charge < -0.3 is 19.1 Å². The van der Waals surface area contributed by atoms with Crippen LogP contribution < -0.4 is 9.47 Å². The molecule has 0 radical (unpaired) electrons. The molecule has 7 heteroatoms. The van der Waals surface area contributed by atoms with E-state index < -0.39 is 0 Å². The summed E-state index contributed by atoms with van der Waals surface area (Å²) in [5.41, 5.74) is 3.30. The number of carbonyl (C=O) groups excluding carboxylic acids is 1. The van der Waals surface area contributed by atoms with Crippen molar-refractivity contribution in [2.75, 3.05) is 26.6 Å². The number of thioether (sulfide) groups is 1. The quantitative estimate of drug-likeness (QED) is 0.187. The Morgan fingerprint density at radius 1 is 0.829 bits per heavy atom. The summed E-state index contributed by atoms with van der Waals surface area (Å²) in [4.78, 5) is 19.7. The average Bonchev–Trinajstić information content (AvgIpc) is 2.89. The number of carbonyl (C=O) groups is 1. The van der Waals surface area contributed by atoms with Gasteiger partial charge in [-0.15, -0.1) is 0 Å². The fourth-order valence-corrected chi connectivity index (χ4v) is 4.21. The Morgan fingerprint density at radius 2 is 1.37 bits per heavy atom. The predicted octanol–water partition coefficient (Wildman–Crippen LogP) is 6.32. The molecule has 3 aromatic rings. The van der Waals surface area contributed by atoms with Gasteiger partial charge in [-0.25, -0.2) is 9.79 Å². The second kappa shape index (κ2) is 13.4. The zero-order chi connectivity index (χ0) is 25.0. The van der Waals surface area contributed by atoms with Crippen LogP contribution in [0.1, 0.15) is 35.3 Å². The van der Waals surface area contributed by atoms with E-state index >= 15 is 0 Å². The molecule has 0 heterocycles. The predicted molar refractivity (Wildman–Crippen MR) is 143 cm³/mol. The van der Waals surface area contributed by atoms with E-state index in [4.69, 9.17) is 19.2 Å². The molecule has 0 spiro atoms. The highest BCUT2D eigenvalue weighted by Gasteiger charge is 2.17. The number of esters is 1. The summed E-state index contributed by atoms with van der Waals surface area (Å²) >= 11 is 1.64. The number of ether oxygens (including phenoxy) is 3. The first-order chi connectivity index (χ1) is 17.1. The van der Waals surface area contributed by atoms with Crippen molar-refractivity contribution in [2.24, 2.45) is 4.99 Å². The minimum Gasteiger partial charge on any atom is -0.497 e. The summed E-state index contributed by atoms with van der Waals surface area (Å²) in [5, 5.41) is 0.830. The lowest BCUT2D eigenvalue weighted by Crippen LogP contribution is -2.28. The molecule has 3 aromatic carbocycles. The Kier molecular flexibility index (Phi) is 10.0. The molecule has 0 saturated heterocycles. The lowest BCUT2D eigenvalue weighted by atomic mass is 10.1. The summed E-state index contributed by atoms with van der Waals surface area (Å²) in [5.74, 6) is 2.10. The lowest BCUT2D eigenvalue weighted by molar-refractivity contribution is 0.0527. The second-order valence-electron chi connectivity index (χ2n) is 7.62. The van der Waals surface area contributed by atoms with Crippen molar-refractivity contribution in [1.29, 1.82) is 0 Å². The van der Waals surface area contributed by atoms with Crippen LogP contribution in [-0.2, 0) is 17.8 Å². The first-order valence-corrected chi connectivity index (χ1v) is 12.5. The molecule has 0 aliphatic heterocycles. The molecule has 0 N–H and O–H groups in total. The molecule has 3 rings (SSSR count). The number of aliphatic imine (C=N–C) groups is 1. The molecule has 0 aliphatic carbocycles. The van der Waals surface area contributed by atoms with Gasteiger partial charge in [0.05, 0.1) is 32.1 Å². The average molecular weight is 493 g/mol. The highest BCUT2D eigenvalue weighted by molar-refractivity contribution is 8.13. The Bertz CT molecular complexity index is 1070. The maximum atomic E-state index is 12.5. The Labute approximate surface area is 211 Å². The molecule has 0 amide bonds. The number of para-hydroxylation sites is 1. The van der Waals surface area contributed by atoms with Crippen LogP contribution in [0, 0.1) is 0 Å². The van der Waals surface area contributed by atoms with Gasteiger partial charge in [-0.2, -0.15) is 0 Å². The fraction of sp³-hybridized carbons (Fsp3) is 0.286. The molecule has 0 atom stereocenters. The highest BCUT2D eigenvalue weighted by Crippen LogP contribution is 2.26. The van der Waals surface area contributed by atoms with Crippen LogP contribution in [0.3, 0.4) is 0 Å². The van der Waals surface area contributed by atoms with Crippen molar-refractivity contribution in [1.82, 2.24) is 4.90 Å². The van der Waals surface area contributed by atoms with Crippen molar-refractivity contribution in [3.05, 3.63) is 89.5 Å². The van der Waals surface area contributed by atoms with E-state index in [0.717, 1.165) is 33.5 Å². The van der Waals surface area contributed by atoms with Crippen LogP contribution >= 0.6 is 11.8 Å². The standard InChI is InChI=1S/C28H32N2O4S/c1-5-34-27(31)25-9-7-8-10-26(25)29-28(35-6-2)30(19-21-11-15-23(32-3)16-12-21)20-22-13-17-24(33-4)18-14-22/h7-18H,5-6,19-20H2,1-4H3. The van der Waals surface area contributed by atoms with Crippen LogP contribution in [-0.4, -0.2) is 42.6 Å². The molecule has 0 bridgehead atoms. The molecular weight excluding hydrogens is 460 g/mol. The number of hydrogen-bond donors (Lipinski definition) is 0. The van der Waals surface area contributed by atoms with E-state index in [-0.39, 0.29) is 5.97 Å². The fourth-order valence-electron chi connectivity index (χ4n) is 3.47. The number of hydrogen-bond acceptors (Lipinski definition) is 6. The maximum absolute atomic E-state index is 12.5. The molecule has 0 fully saturated rings. The minimum absolute atomic E-state index is 0.314. The minimum atomic E-state index is -0.371. The molecule has 0 aromatic heterocycles. The monoisotopic (exact) mass is 492 g/mol. The third kappa shape index (κ3) is 7.52. The molecule has 35 heavy (non-hydrogen) atoms. The Balaban J connectivity index is 2.00. The van der Waals surface area contributed by atoms with Crippen molar-refractivity contribution >= 4 is 28.6 Å². The molecular formula is C28H32N2O4S. The Hall–Kier alpha value is -3.45. The van der Waals surface area contributed by atoms with Gasteiger partial charge in [-0.05, 0) is 60.2 Å². The zero-order valence-electron chi connectivity index (χ0n) is 20.7. The molecule has 0 aliphatic rings. The van der Waals surface area contributed by atoms with E-state index in [0.29, 0.717) is 30.9 Å². The largest absolute Gasteiger partial charge is 0.497 e. The van der Waals surface area contributed by atoms with Crippen LogP contribution in [0.4, 0.5) is 5.69 Å². The topological polar surface area (TPSA) is 60.4 Å². The smallest absolute Gasteiger partial charge is 0.340 e. The molecule has 6 nitrogen and oxygen atoms in total. The number of methoxy groups -OCH3 is 2. The van der Waals surface area contributed by atoms with Gasteiger partial charge in [-0.1, -0.05) is 55.1 Å². The van der Waals surface area contributed by atoms with E-state index in [1.165, 1.54) is 0 Å². The van der Waals surface area contributed by atoms with E-state index in [2.05, 4.69) is 36.1 Å². The summed E-state index contributed by atoms with van der Waals surface area (Å²) in [6.45, 7) is 5.49. The number of amidine groups is 1. The van der Waals surface area contributed by atoms with E-state index in [1.54, 1.807) is 39.0 Å². The van der Waals surface area contributed by atoms with Gasteiger partial charge in [0.25, 0.3) is 0 Å². The summed E-state index contributed by atoms with van der Waals surface area (Å²) in [6, 6.07) is 23.4. The lowest BCUT2D eigenvalue weighted by Gasteiger charge is -2.26. The maximum Gasteiger partial charge on any atom is 0.340 e. The zero-order valence-corrected chi connectivity index (χ0v) is 21.5. The highest BCUT2D eigenvalue weighted by atomic mass is 32.2. The van der Waals surface area contributed by atoms with Crippen LogP contribution in [0.25, 0.3) is 0 Å². The third-order valence-electron chi connectivity index (χ3n) is 5.22. The SMILES string of the molecule is CCOC(=O)c1ccccc1N=C(SCC)N(Cc1ccc(OC)cc1)Cc1ccc(OC)cc1. The third-order valence-corrected chi connectivity index (χ3v) is 6.12. The van der Waals surface area contributed by atoms with E-state index in [1.807, 2.05) is 42.5 Å². The normalized spacial score (nSPS) is 11.1. The van der Waals surface area contributed by atoms with Gasteiger partial charge in [0.2, 0.25) is 0 Å². The molecule has 184 valence electrons. The molecule has 0 saturated carbocycles. The van der Waals surface area contributed by atoms with Gasteiger partial charge in [0, 0.05) is 13.1 Å². The number of benzene rings is 3. The second-order valence-corrected chi connectivity index (χ2v) is 8.85. The summed E-state index contributed by atoms with van der Waals surface area (Å²) in [7, 11) is 3.32. The first kappa shape index (κ1) is 26.2. The van der Waals surface area contributed by atoms with Crippen molar-refractivity contribution < 1.29 is 19.0 Å². The summed E-state index contributed by atoms with van der Waals surface area (Å²) in [6.07, 6.45) is 0. The van der Waals surface area contributed by atoms with Gasteiger partial charge in [0.1, 0.15) is 11.5 Å². The number of nitrogens with zero attached hydrogens (tertiary/aromatic N) is 2. The van der Waals surface area contributed by atoms with E-state index in [9.17, 15) is 4.79 Å². The van der Waals surface area contributed by atoms with Gasteiger partial charge >= 0.3 is 5.97 Å². The van der Waals surface area contributed by atoms with Crippen LogP contribution in [0.15, 0.2) is 77.8 Å². The van der Waals surface area contributed by atoms with Crippen LogP contribution in [0.5, 0.6) is 11.5 Å². The summed E-state index contributed by atoms with van der Waals surface area (Å²) < 4.78 is 15.9. The van der Waals surface area contributed by atoms with Crippen LogP contribution in [0.2, 0.25) is 0 Å². The Morgan fingerprint density at radius 3 is 1.86 bits per heavy atom. The number of rotatable bonds is 10. The van der Waals surface area contributed by atoms with Crippen molar-refractivity contribution in [2.45, 2.75) is 26.9 Å². The van der Waals surface area contributed by atoms with Gasteiger partial charge in [-0.3, -0.25) is 0 Å². The molecule has 0 unspecified atom stereocenters.